The molecule has 1 aliphatic carbocycles. The third-order valence-corrected chi connectivity index (χ3v) is 3.29. The highest BCUT2D eigenvalue weighted by Gasteiger charge is 2.41. The number of hydrogen-bond acceptors (Lipinski definition) is 4. The van der Waals surface area contributed by atoms with Gasteiger partial charge in [-0.15, -0.1) is 0 Å². The fraction of sp³-hybridized carbons (Fsp3) is 0.353. The molecule has 0 saturated heterocycles. The average Bonchev–Trinajstić information content (AvgIpc) is 2.40. The Balaban J connectivity index is 2.40. The van der Waals surface area contributed by atoms with Crippen LogP contribution in [0.5, 0.6) is 5.75 Å². The SMILES string of the molecule is CC(C)(C)OC(=O)NC1(c2ccccc2O)C=CC=C[C@H]1O. The molecule has 0 radical (unpaired) electrons. The predicted molar refractivity (Wildman–Crippen MR) is 83.4 cm³/mol. The molecule has 0 aromatic heterocycles. The number of amides is 1. The molecular formula is C17H21NO4. The van der Waals surface area contributed by atoms with Gasteiger partial charge in [-0.1, -0.05) is 42.5 Å². The Hall–Kier alpha value is -2.27. The highest BCUT2D eigenvalue weighted by atomic mass is 16.6. The molecule has 0 heterocycles. The van der Waals surface area contributed by atoms with Gasteiger partial charge in [0, 0.05) is 5.56 Å². The van der Waals surface area contributed by atoms with E-state index >= 15 is 0 Å². The van der Waals surface area contributed by atoms with Crippen LogP contribution in [-0.4, -0.2) is 28.0 Å². The number of nitrogens with one attached hydrogen (secondary N) is 1. The molecule has 2 rings (SSSR count). The van der Waals surface area contributed by atoms with Crippen LogP contribution in [0.25, 0.3) is 0 Å². The van der Waals surface area contributed by atoms with Crippen LogP contribution in [0, 0.1) is 0 Å². The van der Waals surface area contributed by atoms with Gasteiger partial charge in [-0.25, -0.2) is 4.79 Å². The zero-order chi connectivity index (χ0) is 16.4. The van der Waals surface area contributed by atoms with Crippen molar-refractivity contribution in [1.29, 1.82) is 0 Å². The third kappa shape index (κ3) is 3.31. The average molecular weight is 303 g/mol. The number of phenols is 1. The van der Waals surface area contributed by atoms with Crippen LogP contribution in [0.3, 0.4) is 0 Å². The van der Waals surface area contributed by atoms with Crippen LogP contribution in [0.2, 0.25) is 0 Å². The van der Waals surface area contributed by atoms with Gasteiger partial charge in [0.1, 0.15) is 23.0 Å². The van der Waals surface area contributed by atoms with Gasteiger partial charge in [-0.05, 0) is 26.8 Å². The monoisotopic (exact) mass is 303 g/mol. The number of aliphatic hydroxyl groups is 1. The molecule has 1 aromatic carbocycles. The van der Waals surface area contributed by atoms with Gasteiger partial charge >= 0.3 is 6.09 Å². The van der Waals surface area contributed by atoms with E-state index < -0.39 is 23.3 Å². The van der Waals surface area contributed by atoms with Gasteiger partial charge in [-0.3, -0.25) is 0 Å². The molecule has 5 nitrogen and oxygen atoms in total. The third-order valence-electron chi connectivity index (χ3n) is 3.29. The molecule has 0 aliphatic heterocycles. The molecule has 118 valence electrons. The minimum atomic E-state index is -1.28. The van der Waals surface area contributed by atoms with Crippen LogP contribution < -0.4 is 5.32 Å². The number of carbonyl (C=O) groups excluding carboxylic acids is 1. The van der Waals surface area contributed by atoms with Crippen molar-refractivity contribution >= 4 is 6.09 Å². The van der Waals surface area contributed by atoms with Crippen LogP contribution in [-0.2, 0) is 10.3 Å². The number of para-hydroxylation sites is 1. The minimum absolute atomic E-state index is 0.0161. The summed E-state index contributed by atoms with van der Waals surface area (Å²) >= 11 is 0. The fourth-order valence-electron chi connectivity index (χ4n) is 2.36. The normalized spacial score (nSPS) is 24.1. The van der Waals surface area contributed by atoms with E-state index in [1.165, 1.54) is 6.07 Å². The fourth-order valence-corrected chi connectivity index (χ4v) is 2.36. The van der Waals surface area contributed by atoms with Crippen molar-refractivity contribution in [3.05, 3.63) is 54.1 Å². The van der Waals surface area contributed by atoms with Crippen LogP contribution >= 0.6 is 0 Å². The Morgan fingerprint density at radius 2 is 1.95 bits per heavy atom. The zero-order valence-corrected chi connectivity index (χ0v) is 12.9. The summed E-state index contributed by atoms with van der Waals surface area (Å²) in [6.07, 6.45) is 4.87. The topological polar surface area (TPSA) is 78.8 Å². The highest BCUT2D eigenvalue weighted by molar-refractivity contribution is 5.71. The second-order valence-electron chi connectivity index (χ2n) is 6.20. The summed E-state index contributed by atoms with van der Waals surface area (Å²) in [5.74, 6) is -0.0161. The van der Waals surface area contributed by atoms with E-state index in [1.807, 2.05) is 0 Å². The predicted octanol–water partition coefficient (Wildman–Crippen LogP) is 2.60. The zero-order valence-electron chi connectivity index (χ0n) is 12.9. The van der Waals surface area contributed by atoms with E-state index in [2.05, 4.69) is 5.32 Å². The maximum absolute atomic E-state index is 12.2. The first kappa shape index (κ1) is 16.1. The molecule has 22 heavy (non-hydrogen) atoms. The van der Waals surface area contributed by atoms with E-state index in [0.29, 0.717) is 5.56 Å². The Morgan fingerprint density at radius 3 is 2.55 bits per heavy atom. The van der Waals surface area contributed by atoms with Gasteiger partial charge in [0.05, 0.1) is 0 Å². The van der Waals surface area contributed by atoms with E-state index in [1.54, 1.807) is 63.3 Å². The molecule has 5 heteroatoms. The van der Waals surface area contributed by atoms with E-state index in [9.17, 15) is 15.0 Å². The molecule has 1 aromatic rings. The largest absolute Gasteiger partial charge is 0.508 e. The molecular weight excluding hydrogens is 282 g/mol. The molecule has 2 atom stereocenters. The van der Waals surface area contributed by atoms with Crippen molar-refractivity contribution in [2.75, 3.05) is 0 Å². The van der Waals surface area contributed by atoms with Gasteiger partial charge in [0.15, 0.2) is 0 Å². The summed E-state index contributed by atoms with van der Waals surface area (Å²) in [6, 6.07) is 6.56. The maximum atomic E-state index is 12.2. The van der Waals surface area contributed by atoms with Gasteiger partial charge in [0.2, 0.25) is 0 Å². The lowest BCUT2D eigenvalue weighted by molar-refractivity contribution is 0.0374. The number of aromatic hydroxyl groups is 1. The molecule has 0 saturated carbocycles. The minimum Gasteiger partial charge on any atom is -0.508 e. The quantitative estimate of drug-likeness (QED) is 0.784. The second kappa shape index (κ2) is 5.85. The van der Waals surface area contributed by atoms with Crippen molar-refractivity contribution in [1.82, 2.24) is 5.32 Å². The van der Waals surface area contributed by atoms with Crippen molar-refractivity contribution < 1.29 is 19.7 Å². The van der Waals surface area contributed by atoms with Gasteiger partial charge in [-0.2, -0.15) is 0 Å². The summed E-state index contributed by atoms with van der Waals surface area (Å²) in [4.78, 5) is 12.2. The summed E-state index contributed by atoms with van der Waals surface area (Å²) in [7, 11) is 0. The number of carbonyl (C=O) groups is 1. The second-order valence-corrected chi connectivity index (χ2v) is 6.20. The lowest BCUT2D eigenvalue weighted by Gasteiger charge is -2.37. The number of hydrogen-bond donors (Lipinski definition) is 3. The molecule has 0 fully saturated rings. The molecule has 1 unspecified atom stereocenters. The van der Waals surface area contributed by atoms with Crippen molar-refractivity contribution in [2.24, 2.45) is 0 Å². The van der Waals surface area contributed by atoms with E-state index in [0.717, 1.165) is 0 Å². The molecule has 0 bridgehead atoms. The molecule has 0 spiro atoms. The lowest BCUT2D eigenvalue weighted by Crippen LogP contribution is -2.53. The lowest BCUT2D eigenvalue weighted by atomic mass is 9.81. The smallest absolute Gasteiger partial charge is 0.408 e. The number of aliphatic hydroxyl groups excluding tert-OH is 1. The van der Waals surface area contributed by atoms with Crippen molar-refractivity contribution in [3.8, 4) is 5.75 Å². The number of ether oxygens (including phenoxy) is 1. The Morgan fingerprint density at radius 1 is 1.27 bits per heavy atom. The Labute approximate surface area is 129 Å². The number of phenolic OH excluding ortho intramolecular Hbond substituents is 1. The Kier molecular flexibility index (Phi) is 4.28. The van der Waals surface area contributed by atoms with E-state index in [4.69, 9.17) is 4.74 Å². The van der Waals surface area contributed by atoms with Crippen LogP contribution in [0.1, 0.15) is 26.3 Å². The highest BCUT2D eigenvalue weighted by Crippen LogP contribution is 2.36. The van der Waals surface area contributed by atoms with E-state index in [-0.39, 0.29) is 5.75 Å². The number of rotatable bonds is 2. The maximum Gasteiger partial charge on any atom is 0.408 e. The molecule has 1 amide bonds. The summed E-state index contributed by atoms with van der Waals surface area (Å²) in [5.41, 5.74) is -1.54. The summed E-state index contributed by atoms with van der Waals surface area (Å²) < 4.78 is 5.27. The van der Waals surface area contributed by atoms with Gasteiger partial charge < -0.3 is 20.3 Å². The summed E-state index contributed by atoms with van der Waals surface area (Å²) in [6.45, 7) is 5.27. The van der Waals surface area contributed by atoms with Gasteiger partial charge in [0.25, 0.3) is 0 Å². The first-order valence-electron chi connectivity index (χ1n) is 7.08. The van der Waals surface area contributed by atoms with Crippen molar-refractivity contribution in [2.45, 2.75) is 38.0 Å². The number of alkyl carbamates (subject to hydrolysis) is 1. The molecule has 1 aliphatic rings. The Bertz CT molecular complexity index is 615. The van der Waals surface area contributed by atoms with Crippen molar-refractivity contribution in [3.63, 3.8) is 0 Å². The standard InChI is InChI=1S/C17H21NO4/c1-16(2,3)22-15(21)18-17(11-7-6-10-14(17)20)12-8-4-5-9-13(12)19/h4-11,14,19-20H,1-3H3,(H,18,21)/t14-,17?/m1/s1. The van der Waals surface area contributed by atoms with Crippen LogP contribution in [0.4, 0.5) is 4.79 Å². The van der Waals surface area contributed by atoms with Crippen LogP contribution in [0.15, 0.2) is 48.6 Å². The first-order valence-corrected chi connectivity index (χ1v) is 7.08. The molecule has 3 N–H and O–H groups in total. The summed E-state index contributed by atoms with van der Waals surface area (Å²) in [5, 5.41) is 23.2. The number of allylic oxidation sites excluding steroid dienone is 2. The first-order chi connectivity index (χ1) is 10.2. The number of benzene rings is 1.